The first-order valence-electron chi connectivity index (χ1n) is 13.6. The van der Waals surface area contributed by atoms with Gasteiger partial charge in [-0.25, -0.2) is 10.2 Å². The Kier molecular flexibility index (Phi) is 11.5. The number of anilines is 1. The number of carbonyl (C=O) groups is 2. The maximum absolute atomic E-state index is 14.0. The van der Waals surface area contributed by atoms with Gasteiger partial charge in [0.15, 0.2) is 17.4 Å². The molecule has 16 nitrogen and oxygen atoms in total. The normalized spacial score (nSPS) is 22.0. The number of hydrogen-bond donors (Lipinski definition) is 5. The highest BCUT2D eigenvalue weighted by Crippen LogP contribution is 2.41. The van der Waals surface area contributed by atoms with Gasteiger partial charge in [-0.05, 0) is 32.8 Å². The number of aromatic amines is 1. The van der Waals surface area contributed by atoms with Gasteiger partial charge in [0.05, 0.1) is 19.3 Å². The average Bonchev–Trinajstić information content (AvgIpc) is 3.50. The van der Waals surface area contributed by atoms with Crippen molar-refractivity contribution in [1.29, 1.82) is 0 Å². The van der Waals surface area contributed by atoms with Crippen molar-refractivity contribution in [3.05, 3.63) is 22.2 Å². The van der Waals surface area contributed by atoms with Crippen molar-refractivity contribution < 1.29 is 33.5 Å². The van der Waals surface area contributed by atoms with Crippen LogP contribution in [-0.2, 0) is 28.4 Å². The minimum Gasteiger partial charge on any atom is -0.465 e. The molecule has 6 N–H and O–H groups in total. The topological polar surface area (TPSA) is 226 Å². The molecule has 2 aromatic heterocycles. The number of esters is 2. The number of nitrogens with two attached hydrogens (primary N) is 1. The molecule has 1 saturated heterocycles. The summed E-state index contributed by atoms with van der Waals surface area (Å²) in [6.07, 6.45) is 1.67. The van der Waals surface area contributed by atoms with Crippen LogP contribution in [0.1, 0.15) is 66.0 Å². The first kappa shape index (κ1) is 32.3. The molecule has 0 amide bonds. The summed E-state index contributed by atoms with van der Waals surface area (Å²) in [5.74, 6) is -0.0737. The molecule has 1 fully saturated rings. The second kappa shape index (κ2) is 14.6. The molecule has 1 aliphatic rings. The highest BCUT2D eigenvalue weighted by Gasteiger charge is 2.37. The van der Waals surface area contributed by atoms with E-state index >= 15 is 0 Å². The molecular weight excluding hydrogens is 559 g/mol. The Morgan fingerprint density at radius 3 is 2.34 bits per heavy atom. The van der Waals surface area contributed by atoms with Crippen molar-refractivity contribution in [2.24, 2.45) is 0 Å². The van der Waals surface area contributed by atoms with Crippen molar-refractivity contribution in [2.45, 2.75) is 90.3 Å². The lowest BCUT2D eigenvalue weighted by Gasteiger charge is -2.24. The van der Waals surface area contributed by atoms with Gasteiger partial charge < -0.3 is 25.1 Å². The van der Waals surface area contributed by atoms with Crippen molar-refractivity contribution in [3.63, 3.8) is 0 Å². The molecule has 3 heterocycles. The van der Waals surface area contributed by atoms with E-state index in [0.717, 1.165) is 17.5 Å². The summed E-state index contributed by atoms with van der Waals surface area (Å²) in [4.78, 5) is 43.4. The van der Waals surface area contributed by atoms with Crippen LogP contribution in [-0.4, -0.2) is 79.5 Å². The third-order valence-electron chi connectivity index (χ3n) is 6.18. The van der Waals surface area contributed by atoms with Gasteiger partial charge in [0.1, 0.15) is 18.2 Å². The van der Waals surface area contributed by atoms with E-state index in [1.54, 1.807) is 0 Å². The van der Waals surface area contributed by atoms with Crippen LogP contribution in [0.15, 0.2) is 16.7 Å². The molecule has 0 spiro atoms. The predicted octanol–water partition coefficient (Wildman–Crippen LogP) is 1.09. The van der Waals surface area contributed by atoms with Crippen LogP contribution in [0.5, 0.6) is 0 Å². The molecule has 0 bridgehead atoms. The minimum absolute atomic E-state index is 0.0276. The van der Waals surface area contributed by atoms with Gasteiger partial charge in [0.25, 0.3) is 5.56 Å². The number of aromatic nitrogens is 5. The summed E-state index contributed by atoms with van der Waals surface area (Å²) >= 11 is 0. The monoisotopic (exact) mass is 598 g/mol. The van der Waals surface area contributed by atoms with E-state index in [1.807, 2.05) is 13.8 Å². The van der Waals surface area contributed by atoms with E-state index in [-0.39, 0.29) is 36.7 Å². The quantitative estimate of drug-likeness (QED) is 0.110. The SMILES string of the molecule is CCCCOC(=O)[C@H](C)NP(=O)(/C=C/[C@@H]1C[C@@H](O)[C@H](n2nnc3c(=O)[nH]c(N)nc32)O1)N[C@H](C)C(=O)OCCCC. The van der Waals surface area contributed by atoms with Crippen LogP contribution in [0.2, 0.25) is 0 Å². The number of nitrogen functional groups attached to an aromatic ring is 1. The first-order chi connectivity index (χ1) is 19.5. The average molecular weight is 599 g/mol. The third-order valence-corrected chi connectivity index (χ3v) is 8.32. The Morgan fingerprint density at radius 2 is 1.78 bits per heavy atom. The van der Waals surface area contributed by atoms with Crippen LogP contribution in [0.4, 0.5) is 5.95 Å². The van der Waals surface area contributed by atoms with E-state index in [1.165, 1.54) is 25.7 Å². The Balaban J connectivity index is 1.77. The largest absolute Gasteiger partial charge is 0.465 e. The van der Waals surface area contributed by atoms with Crippen molar-refractivity contribution >= 4 is 36.5 Å². The van der Waals surface area contributed by atoms with Crippen LogP contribution in [0, 0.1) is 0 Å². The van der Waals surface area contributed by atoms with Crippen molar-refractivity contribution in [1.82, 2.24) is 35.1 Å². The molecule has 2 aromatic rings. The molecule has 3 rings (SSSR count). The highest BCUT2D eigenvalue weighted by molar-refractivity contribution is 7.63. The molecule has 1 aliphatic heterocycles. The fourth-order valence-corrected chi connectivity index (χ4v) is 6.00. The van der Waals surface area contributed by atoms with Gasteiger partial charge in [-0.1, -0.05) is 31.9 Å². The number of aliphatic hydroxyl groups is 1. The number of nitrogens with one attached hydrogen (secondary N) is 3. The maximum atomic E-state index is 14.0. The fraction of sp³-hybridized carbons (Fsp3) is 0.667. The number of aliphatic hydroxyl groups excluding tert-OH is 1. The van der Waals surface area contributed by atoms with Gasteiger partial charge >= 0.3 is 11.9 Å². The summed E-state index contributed by atoms with van der Waals surface area (Å²) in [6.45, 7) is 7.39. The minimum atomic E-state index is -3.77. The number of unbranched alkanes of at least 4 members (excludes halogenated alkanes) is 2. The molecule has 0 saturated carbocycles. The molecular formula is C24H39N8O8P. The predicted molar refractivity (Wildman–Crippen MR) is 149 cm³/mol. The van der Waals surface area contributed by atoms with Crippen LogP contribution >= 0.6 is 7.44 Å². The van der Waals surface area contributed by atoms with Crippen molar-refractivity contribution in [3.8, 4) is 0 Å². The summed E-state index contributed by atoms with van der Waals surface area (Å²) in [5.41, 5.74) is 5.00. The van der Waals surface area contributed by atoms with E-state index in [4.69, 9.17) is 19.9 Å². The number of carbonyl (C=O) groups excluding carboxylic acids is 2. The second-order valence-electron chi connectivity index (χ2n) is 9.77. The van der Waals surface area contributed by atoms with E-state index < -0.39 is 55.5 Å². The van der Waals surface area contributed by atoms with E-state index in [0.29, 0.717) is 12.8 Å². The lowest BCUT2D eigenvalue weighted by molar-refractivity contribution is -0.145. The molecule has 41 heavy (non-hydrogen) atoms. The molecule has 228 valence electrons. The number of nitrogens with zero attached hydrogens (tertiary/aromatic N) is 4. The molecule has 17 heteroatoms. The zero-order chi connectivity index (χ0) is 30.2. The van der Waals surface area contributed by atoms with Crippen LogP contribution in [0.3, 0.4) is 0 Å². The van der Waals surface area contributed by atoms with Crippen molar-refractivity contribution in [2.75, 3.05) is 18.9 Å². The second-order valence-corrected chi connectivity index (χ2v) is 11.9. The Morgan fingerprint density at radius 1 is 1.20 bits per heavy atom. The molecule has 6 atom stereocenters. The van der Waals surface area contributed by atoms with Gasteiger partial charge in [-0.15, -0.1) is 5.10 Å². The summed E-state index contributed by atoms with van der Waals surface area (Å²) in [7, 11) is -3.77. The van der Waals surface area contributed by atoms with Gasteiger partial charge in [-0.2, -0.15) is 9.67 Å². The van der Waals surface area contributed by atoms with E-state index in [9.17, 15) is 24.1 Å². The lowest BCUT2D eigenvalue weighted by atomic mass is 10.2. The van der Waals surface area contributed by atoms with Gasteiger partial charge in [0.2, 0.25) is 13.4 Å². The summed E-state index contributed by atoms with van der Waals surface area (Å²) in [5, 5.41) is 23.9. The fourth-order valence-electron chi connectivity index (χ4n) is 3.96. The van der Waals surface area contributed by atoms with Crippen LogP contribution in [0.25, 0.3) is 11.2 Å². The zero-order valence-corrected chi connectivity index (χ0v) is 24.5. The molecule has 0 aliphatic carbocycles. The standard InChI is InChI=1S/C24H39N8O8P/c1-5-7-10-38-22(35)14(3)29-41(37,30-15(4)23(36)39-11-8-6-2)12-9-16-13-17(33)21(40-16)32-19-18(28-31-32)20(34)27-24(25)26-19/h9,12,14-17,21,33H,5-8,10-11,13H2,1-4H3,(H2,29,30,37)(H3,25,26,27,34)/b12-9+/t14-,15+,16-,17-,21-,41?/m1/s1. The van der Waals surface area contributed by atoms with Gasteiger partial charge in [0, 0.05) is 12.2 Å². The number of rotatable bonds is 15. The lowest BCUT2D eigenvalue weighted by Crippen LogP contribution is -2.41. The zero-order valence-electron chi connectivity index (χ0n) is 23.6. The highest BCUT2D eigenvalue weighted by atomic mass is 31.2. The smallest absolute Gasteiger partial charge is 0.323 e. The first-order valence-corrected chi connectivity index (χ1v) is 15.4. The third kappa shape index (κ3) is 8.66. The van der Waals surface area contributed by atoms with Gasteiger partial charge in [-0.3, -0.25) is 23.9 Å². The maximum Gasteiger partial charge on any atom is 0.323 e. The molecule has 0 radical (unpaired) electrons. The summed E-state index contributed by atoms with van der Waals surface area (Å²) in [6, 6.07) is -1.95. The molecule has 1 unspecified atom stereocenters. The number of fused-ring (bicyclic) bond motifs is 1. The summed E-state index contributed by atoms with van der Waals surface area (Å²) < 4.78 is 31.5. The number of H-pyrrole nitrogens is 1. The van der Waals surface area contributed by atoms with Crippen LogP contribution < -0.4 is 21.5 Å². The number of ether oxygens (including phenoxy) is 3. The van der Waals surface area contributed by atoms with E-state index in [2.05, 4.69) is 30.5 Å². The Bertz CT molecular complexity index is 1300. The Labute approximate surface area is 236 Å². The molecule has 0 aromatic carbocycles. The Hall–Kier alpha value is -3.17. The number of hydrogen-bond acceptors (Lipinski definition) is 12.